The van der Waals surface area contributed by atoms with Gasteiger partial charge < -0.3 is 5.32 Å². The second-order valence-electron chi connectivity index (χ2n) is 4.85. The van der Waals surface area contributed by atoms with Gasteiger partial charge in [-0.05, 0) is 49.2 Å². The Labute approximate surface area is 97.9 Å². The van der Waals surface area contributed by atoms with E-state index in [0.717, 1.165) is 13.1 Å². The summed E-state index contributed by atoms with van der Waals surface area (Å²) in [5.74, 6) is 0. The summed E-state index contributed by atoms with van der Waals surface area (Å²) in [7, 11) is 0. The number of hydrogen-bond donors (Lipinski definition) is 1. The molecule has 0 atom stereocenters. The molecule has 1 N–H and O–H groups in total. The van der Waals surface area contributed by atoms with Gasteiger partial charge in [0.1, 0.15) is 0 Å². The molecule has 0 aliphatic carbocycles. The van der Waals surface area contributed by atoms with Crippen molar-refractivity contribution in [2.24, 2.45) is 5.41 Å². The van der Waals surface area contributed by atoms with Gasteiger partial charge in [0.05, 0.1) is 0 Å². The zero-order valence-electron chi connectivity index (χ0n) is 10.2. The summed E-state index contributed by atoms with van der Waals surface area (Å²) < 4.78 is 0. The summed E-state index contributed by atoms with van der Waals surface area (Å²) >= 11 is 1.88. The van der Waals surface area contributed by atoms with Crippen LogP contribution in [0.1, 0.15) is 38.5 Å². The predicted molar refractivity (Wildman–Crippen MR) is 69.6 cm³/mol. The molecule has 1 nitrogen and oxygen atoms in total. The fraction of sp³-hybridized carbons (Fsp3) is 0.692. The molecule has 0 bridgehead atoms. The molecular formula is C13H23NS. The highest BCUT2D eigenvalue weighted by Crippen LogP contribution is 2.27. The van der Waals surface area contributed by atoms with Crippen molar-refractivity contribution in [3.8, 4) is 0 Å². The summed E-state index contributed by atoms with van der Waals surface area (Å²) in [5.41, 5.74) is 0.464. The minimum absolute atomic E-state index is 0.464. The van der Waals surface area contributed by atoms with Crippen LogP contribution in [0, 0.1) is 5.41 Å². The van der Waals surface area contributed by atoms with Gasteiger partial charge in [0, 0.05) is 4.88 Å². The molecule has 0 amide bonds. The first kappa shape index (κ1) is 12.7. The molecule has 0 saturated carbocycles. The summed E-state index contributed by atoms with van der Waals surface area (Å²) in [6.45, 7) is 9.14. The van der Waals surface area contributed by atoms with E-state index in [2.05, 4.69) is 43.6 Å². The van der Waals surface area contributed by atoms with Crippen molar-refractivity contribution in [1.29, 1.82) is 0 Å². The first-order chi connectivity index (χ1) is 7.14. The van der Waals surface area contributed by atoms with Crippen LogP contribution in [0.5, 0.6) is 0 Å². The van der Waals surface area contributed by atoms with E-state index in [9.17, 15) is 0 Å². The lowest BCUT2D eigenvalue weighted by Crippen LogP contribution is -2.22. The van der Waals surface area contributed by atoms with Crippen molar-refractivity contribution in [1.82, 2.24) is 5.32 Å². The molecule has 15 heavy (non-hydrogen) atoms. The van der Waals surface area contributed by atoms with E-state index < -0.39 is 0 Å². The van der Waals surface area contributed by atoms with E-state index in [0.29, 0.717) is 5.41 Å². The number of thiophene rings is 1. The Morgan fingerprint density at radius 2 is 2.13 bits per heavy atom. The van der Waals surface area contributed by atoms with Crippen molar-refractivity contribution in [3.63, 3.8) is 0 Å². The van der Waals surface area contributed by atoms with Crippen LogP contribution in [-0.2, 0) is 6.42 Å². The highest BCUT2D eigenvalue weighted by molar-refractivity contribution is 7.09. The van der Waals surface area contributed by atoms with E-state index in [4.69, 9.17) is 0 Å². The Balaban J connectivity index is 2.23. The van der Waals surface area contributed by atoms with Gasteiger partial charge in [-0.1, -0.05) is 26.8 Å². The van der Waals surface area contributed by atoms with Gasteiger partial charge in [-0.25, -0.2) is 0 Å². The maximum Gasteiger partial charge on any atom is 0.00454 e. The molecule has 1 aromatic heterocycles. The van der Waals surface area contributed by atoms with Gasteiger partial charge in [0.2, 0.25) is 0 Å². The fourth-order valence-corrected chi connectivity index (χ4v) is 2.35. The number of aryl methyl sites for hydroxylation is 1. The normalized spacial score (nSPS) is 11.9. The molecule has 0 unspecified atom stereocenters. The van der Waals surface area contributed by atoms with E-state index in [1.807, 2.05) is 11.3 Å². The lowest BCUT2D eigenvalue weighted by atomic mass is 9.84. The van der Waals surface area contributed by atoms with Crippen LogP contribution in [0.3, 0.4) is 0 Å². The molecule has 0 spiro atoms. The van der Waals surface area contributed by atoms with E-state index >= 15 is 0 Å². The SMILES string of the molecule is CCNCCC(C)(C)CCc1cccs1. The molecule has 86 valence electrons. The largest absolute Gasteiger partial charge is 0.317 e. The zero-order chi connectivity index (χ0) is 11.1. The van der Waals surface area contributed by atoms with Crippen LogP contribution in [0.2, 0.25) is 0 Å². The third-order valence-corrected chi connectivity index (χ3v) is 3.79. The van der Waals surface area contributed by atoms with Gasteiger partial charge in [-0.15, -0.1) is 11.3 Å². The lowest BCUT2D eigenvalue weighted by Gasteiger charge is -2.24. The van der Waals surface area contributed by atoms with Crippen LogP contribution in [-0.4, -0.2) is 13.1 Å². The molecule has 1 rings (SSSR count). The van der Waals surface area contributed by atoms with Crippen molar-refractivity contribution in [2.75, 3.05) is 13.1 Å². The second kappa shape index (κ2) is 6.29. The van der Waals surface area contributed by atoms with Crippen LogP contribution in [0.4, 0.5) is 0 Å². The molecule has 0 saturated heterocycles. The summed E-state index contributed by atoms with van der Waals surface area (Å²) in [6.07, 6.45) is 3.79. The summed E-state index contributed by atoms with van der Waals surface area (Å²) in [4.78, 5) is 1.52. The average Bonchev–Trinajstić information content (AvgIpc) is 2.68. The third kappa shape index (κ3) is 5.33. The monoisotopic (exact) mass is 225 g/mol. The molecule has 0 aliphatic heterocycles. The Morgan fingerprint density at radius 1 is 1.33 bits per heavy atom. The lowest BCUT2D eigenvalue weighted by molar-refractivity contribution is 0.304. The van der Waals surface area contributed by atoms with E-state index in [1.54, 1.807) is 0 Å². The third-order valence-electron chi connectivity index (χ3n) is 2.86. The van der Waals surface area contributed by atoms with Gasteiger partial charge in [-0.2, -0.15) is 0 Å². The van der Waals surface area contributed by atoms with Crippen LogP contribution in [0.15, 0.2) is 17.5 Å². The Kier molecular flexibility index (Phi) is 5.34. The van der Waals surface area contributed by atoms with Gasteiger partial charge in [0.25, 0.3) is 0 Å². The Hall–Kier alpha value is -0.340. The first-order valence-corrected chi connectivity index (χ1v) is 6.75. The van der Waals surface area contributed by atoms with Gasteiger partial charge >= 0.3 is 0 Å². The topological polar surface area (TPSA) is 12.0 Å². The van der Waals surface area contributed by atoms with E-state index in [1.165, 1.54) is 24.1 Å². The quantitative estimate of drug-likeness (QED) is 0.698. The summed E-state index contributed by atoms with van der Waals surface area (Å²) in [6, 6.07) is 4.39. The number of nitrogens with one attached hydrogen (secondary N) is 1. The van der Waals surface area contributed by atoms with Crippen molar-refractivity contribution in [2.45, 2.75) is 40.0 Å². The Morgan fingerprint density at radius 3 is 2.73 bits per heavy atom. The second-order valence-corrected chi connectivity index (χ2v) is 5.88. The standard InChI is InChI=1S/C13H23NS/c1-4-14-10-9-13(2,3)8-7-12-6-5-11-15-12/h5-6,11,14H,4,7-10H2,1-3H3. The van der Waals surface area contributed by atoms with Gasteiger partial charge in [0.15, 0.2) is 0 Å². The minimum atomic E-state index is 0.464. The number of rotatable bonds is 7. The molecule has 2 heteroatoms. The molecule has 0 aromatic carbocycles. The van der Waals surface area contributed by atoms with Crippen molar-refractivity contribution in [3.05, 3.63) is 22.4 Å². The molecule has 1 aromatic rings. The maximum absolute atomic E-state index is 3.40. The molecule has 0 fully saturated rings. The minimum Gasteiger partial charge on any atom is -0.317 e. The fourth-order valence-electron chi connectivity index (χ4n) is 1.64. The van der Waals surface area contributed by atoms with Crippen LogP contribution in [0.25, 0.3) is 0 Å². The zero-order valence-corrected chi connectivity index (χ0v) is 11.0. The van der Waals surface area contributed by atoms with Crippen LogP contribution >= 0.6 is 11.3 Å². The average molecular weight is 225 g/mol. The van der Waals surface area contributed by atoms with Crippen molar-refractivity contribution < 1.29 is 0 Å². The molecule has 1 heterocycles. The molecule has 0 radical (unpaired) electrons. The first-order valence-electron chi connectivity index (χ1n) is 5.87. The summed E-state index contributed by atoms with van der Waals surface area (Å²) in [5, 5.41) is 5.57. The number of hydrogen-bond acceptors (Lipinski definition) is 2. The molecular weight excluding hydrogens is 202 g/mol. The molecule has 0 aliphatic rings. The maximum atomic E-state index is 3.40. The highest BCUT2D eigenvalue weighted by atomic mass is 32.1. The van der Waals surface area contributed by atoms with Crippen LogP contribution < -0.4 is 5.32 Å². The van der Waals surface area contributed by atoms with Crippen molar-refractivity contribution >= 4 is 11.3 Å². The highest BCUT2D eigenvalue weighted by Gasteiger charge is 2.16. The van der Waals surface area contributed by atoms with Gasteiger partial charge in [-0.3, -0.25) is 0 Å². The predicted octanol–water partition coefficient (Wildman–Crippen LogP) is 3.71. The smallest absolute Gasteiger partial charge is 0.00454 e. The Bertz CT molecular complexity index is 252. The van der Waals surface area contributed by atoms with E-state index in [-0.39, 0.29) is 0 Å².